The maximum Gasteiger partial charge on any atom is 0.326 e. The van der Waals surface area contributed by atoms with Crippen molar-refractivity contribution in [3.63, 3.8) is 0 Å². The molecule has 5 fully saturated rings. The normalized spacial score (nSPS) is 18.9. The summed E-state index contributed by atoms with van der Waals surface area (Å²) >= 11 is 3.49. The quantitative estimate of drug-likeness (QED) is 0.0113. The number of hydrogen-bond donors (Lipinski definition) is 22. The molecule has 14 atom stereocenters. The van der Waals surface area contributed by atoms with E-state index in [2.05, 4.69) is 110 Å². The van der Waals surface area contributed by atoms with E-state index < -0.39 is 190 Å². The van der Waals surface area contributed by atoms with Crippen LogP contribution in [-0.4, -0.2) is 276 Å². The minimum Gasteiger partial charge on any atom is -0.480 e. The van der Waals surface area contributed by atoms with Gasteiger partial charge >= 0.3 is 5.97 Å². The van der Waals surface area contributed by atoms with Crippen molar-refractivity contribution in [3.05, 3.63) is 131 Å². The second-order valence-corrected chi connectivity index (χ2v) is 40.3. The van der Waals surface area contributed by atoms with Crippen LogP contribution >= 0.6 is 15.9 Å². The van der Waals surface area contributed by atoms with E-state index in [1.807, 2.05) is 54.6 Å². The number of benzene rings is 3. The second kappa shape index (κ2) is 53.6. The van der Waals surface area contributed by atoms with E-state index in [-0.39, 0.29) is 146 Å². The molecule has 15 amide bonds. The molecule has 43 nitrogen and oxygen atoms in total. The fraction of sp³-hybridized carbons (Fsp3) is 0.576. The number of nitrogens with two attached hydrogens (primary N) is 3. The van der Waals surface area contributed by atoms with Crippen molar-refractivity contribution < 1.29 is 81.8 Å². The SMILES string of the molecule is CC(C)C[C@H](NC(=O)[C@@H](CCCNC(=N)N)NC(=O)[C@@H]1CCCCN1C(=O)[C@H](CCCCNC(=N)N)NC(=O)[C@H](CCC(N)=O)NC(=O)C(C)(C)C(=O)NCCc1cnc[nH]1)C(=O)NC(C)(C)C(=O)N[C@@H](Cc1c[nH]cn1)C(=O)N[C@@H](CC1CCNCC1)C(=O)N[C@@H](C)C(=O)N1[C@H](C(=O)N[C@@H](Cc2ccc(Br)cc2)C(=O)N2CCC[C@H]2C(=O)N[C@H](Cc2ccc(-c3ccccc3)cc2)C(=O)O)C[C@@H]2CCCC[C@@H]21. The predicted octanol–water partition coefficient (Wildman–Crippen LogP) is 1.49. The number of carboxylic acids is 1. The van der Waals surface area contributed by atoms with E-state index in [0.29, 0.717) is 87.7 Å². The van der Waals surface area contributed by atoms with Crippen LogP contribution < -0.4 is 91.6 Å². The molecule has 0 bridgehead atoms. The number of H-pyrrole nitrogens is 2. The number of aliphatic carboxylic acids is 1. The topological polar surface area (TPSA) is 655 Å². The maximum absolute atomic E-state index is 15.5. The highest BCUT2D eigenvalue weighted by Gasteiger charge is 2.51. The number of nitrogens with zero attached hydrogens (tertiary/aromatic N) is 5. The Balaban J connectivity index is 0.819. The third-order valence-corrected chi connectivity index (χ3v) is 27.6. The number of imidazole rings is 2. The first-order valence-electron chi connectivity index (χ1n) is 49.6. The summed E-state index contributed by atoms with van der Waals surface area (Å²) in [5, 5.41) is 65.3. The molecule has 778 valence electrons. The molecule has 4 aliphatic heterocycles. The number of hydrogen-bond acceptors (Lipinski definition) is 21. The van der Waals surface area contributed by atoms with Gasteiger partial charge in [0, 0.05) is 93.4 Å². The van der Waals surface area contributed by atoms with Gasteiger partial charge in [0.25, 0.3) is 0 Å². The first-order valence-corrected chi connectivity index (χ1v) is 50.4. The Kier molecular flexibility index (Phi) is 41.8. The molecule has 2 aromatic heterocycles. The van der Waals surface area contributed by atoms with Crippen molar-refractivity contribution in [3.8, 4) is 11.1 Å². The molecule has 1 aliphatic carbocycles. The third kappa shape index (κ3) is 33.1. The van der Waals surface area contributed by atoms with Crippen molar-refractivity contribution in [1.82, 2.24) is 109 Å². The number of carbonyl (C=O) groups is 16. The Morgan fingerprint density at radius 3 is 1.70 bits per heavy atom. The Morgan fingerprint density at radius 1 is 0.517 bits per heavy atom. The number of carbonyl (C=O) groups excluding carboxylic acids is 15. The number of rotatable bonds is 51. The van der Waals surface area contributed by atoms with Gasteiger partial charge in [0.1, 0.15) is 83.5 Å². The van der Waals surface area contributed by atoms with Crippen molar-refractivity contribution in [2.45, 2.75) is 293 Å². The number of fused-ring (bicyclic) bond motifs is 1. The van der Waals surface area contributed by atoms with Crippen LogP contribution in [0.3, 0.4) is 0 Å². The van der Waals surface area contributed by atoms with E-state index in [1.165, 1.54) is 68.2 Å². The second-order valence-electron chi connectivity index (χ2n) is 39.4. The van der Waals surface area contributed by atoms with E-state index >= 15 is 43.2 Å². The van der Waals surface area contributed by atoms with Crippen LogP contribution in [0.1, 0.15) is 206 Å². The van der Waals surface area contributed by atoms with Gasteiger partial charge in [-0.1, -0.05) is 109 Å². The van der Waals surface area contributed by atoms with Gasteiger partial charge in [-0.2, -0.15) is 0 Å². The van der Waals surface area contributed by atoms with Crippen molar-refractivity contribution >= 4 is 122 Å². The summed E-state index contributed by atoms with van der Waals surface area (Å²) in [5.74, 6) is -14.1. The lowest BCUT2D eigenvalue weighted by Gasteiger charge is -2.38. The van der Waals surface area contributed by atoms with Crippen molar-refractivity contribution in [1.29, 1.82) is 10.8 Å². The minimum atomic E-state index is -1.90. The standard InChI is InChI=1S/C99H143BrN26O17/c1-57(2)47-71(117-81(128)68(23-17-41-111-97(104)105)115-86(133)77-25-14-16-45-124(77)90(137)70(22-13-15-40-110-96(102)103)116-82(129)69(35-36-80(101)127)121-94(142)98(4,5)93(141)109-44-39-66-53-107-55-112-66)85(132)123-99(6,7)95(143)122-73(52-67-54-108-56-113-67)84(131)118-72(48-61-37-42-106-43-38-61)83(130)114-58(3)89(136)126-76-24-12-11-21-64(76)51-79(126)88(135)119-74(49-60-29-33-65(100)34-30-60)91(138)125-46-18-26-78(125)87(134)120-75(92(139)140)50-59-27-31-63(32-28-59)62-19-9-8-10-20-62/h8-10,19-20,27-34,53-58,61,64,68-79,106H,11-18,21-26,35-52H2,1-7H3,(H2,101,127)(H,107,112)(H,108,113)(H,109,141)(H,114,130)(H,115,133)(H,116,129)(H,117,128)(H,118,131)(H,119,135)(H,120,134)(H,121,142)(H,122,143)(H,123,132)(H,139,140)(H4,102,103,110)(H4,104,105,111)/t58-,64-,68+,69-,70-,71-,72-,73-,74-,75+,76-,77-,78-,79-/m0/s1. The van der Waals surface area contributed by atoms with Crippen LogP contribution in [0.15, 0.2) is 108 Å². The lowest BCUT2D eigenvalue weighted by atomic mass is 9.84. The molecule has 0 unspecified atom stereocenters. The summed E-state index contributed by atoms with van der Waals surface area (Å²) in [6.45, 7) is 12.2. The van der Waals surface area contributed by atoms with Crippen molar-refractivity contribution in [2.24, 2.45) is 40.4 Å². The number of nitrogens with one attached hydrogen (secondary N) is 18. The lowest BCUT2D eigenvalue weighted by molar-refractivity contribution is -0.146. The molecule has 44 heteroatoms. The molecular formula is C99H143BrN26O17. The number of guanidine groups is 2. The largest absolute Gasteiger partial charge is 0.480 e. The van der Waals surface area contributed by atoms with Gasteiger partial charge in [0.05, 0.1) is 18.3 Å². The minimum absolute atomic E-state index is 0.00368. The summed E-state index contributed by atoms with van der Waals surface area (Å²) in [6.07, 6.45) is 11.5. The summed E-state index contributed by atoms with van der Waals surface area (Å²) in [6, 6.07) is 7.74. The summed E-state index contributed by atoms with van der Waals surface area (Å²) in [4.78, 5) is 252. The van der Waals surface area contributed by atoms with Gasteiger partial charge in [-0.25, -0.2) is 14.8 Å². The number of unbranched alkanes of at least 4 members (excludes halogenated alkanes) is 1. The van der Waals surface area contributed by atoms with Gasteiger partial charge in [0.2, 0.25) is 88.6 Å². The molecule has 143 heavy (non-hydrogen) atoms. The zero-order valence-corrected chi connectivity index (χ0v) is 84.1. The summed E-state index contributed by atoms with van der Waals surface area (Å²) < 4.78 is 0.756. The fourth-order valence-electron chi connectivity index (χ4n) is 19.1. The highest BCUT2D eigenvalue weighted by Crippen LogP contribution is 2.41. The summed E-state index contributed by atoms with van der Waals surface area (Å²) in [5.41, 5.74) is 17.3. The van der Waals surface area contributed by atoms with E-state index in [9.17, 15) is 38.7 Å². The molecule has 3 aromatic carbocycles. The fourth-order valence-corrected chi connectivity index (χ4v) is 19.3. The zero-order chi connectivity index (χ0) is 104. The number of halogens is 1. The van der Waals surface area contributed by atoms with E-state index in [1.54, 1.807) is 44.3 Å². The molecule has 4 saturated heterocycles. The average molecular weight is 2050 g/mol. The zero-order valence-electron chi connectivity index (χ0n) is 82.5. The molecule has 0 spiro atoms. The third-order valence-electron chi connectivity index (χ3n) is 27.1. The van der Waals surface area contributed by atoms with Crippen molar-refractivity contribution in [2.75, 3.05) is 45.8 Å². The number of aromatic amines is 2. The molecule has 25 N–H and O–H groups in total. The molecule has 1 saturated carbocycles. The van der Waals surface area contributed by atoms with Gasteiger partial charge < -0.3 is 121 Å². The smallest absolute Gasteiger partial charge is 0.326 e. The number of likely N-dealkylation sites (tertiary alicyclic amines) is 3. The Labute approximate surface area is 840 Å². The van der Waals surface area contributed by atoms with Gasteiger partial charge in [-0.3, -0.25) is 82.7 Å². The highest BCUT2D eigenvalue weighted by molar-refractivity contribution is 9.10. The highest BCUT2D eigenvalue weighted by atomic mass is 79.9. The van der Waals surface area contributed by atoms with Crippen LogP contribution in [0.5, 0.6) is 0 Å². The van der Waals surface area contributed by atoms with Gasteiger partial charge in [0.15, 0.2) is 11.9 Å². The predicted molar refractivity (Wildman–Crippen MR) is 534 cm³/mol. The lowest BCUT2D eigenvalue weighted by Crippen LogP contribution is -2.64. The number of primary amides is 1. The number of piperidine rings is 2. The molecule has 0 radical (unpaired) electrons. The first kappa shape index (κ1) is 112. The van der Waals surface area contributed by atoms with Gasteiger partial charge in [-0.05, 0) is 215 Å². The van der Waals surface area contributed by atoms with Crippen LogP contribution in [0.25, 0.3) is 11.1 Å². The molecular weight excluding hydrogens is 1910 g/mol. The Hall–Kier alpha value is -13.4. The van der Waals surface area contributed by atoms with E-state index in [0.717, 1.165) is 34.1 Å². The van der Waals surface area contributed by atoms with Gasteiger partial charge in [-0.15, -0.1) is 0 Å². The van der Waals surface area contributed by atoms with Crippen LogP contribution in [0.2, 0.25) is 0 Å². The monoisotopic (exact) mass is 2050 g/mol. The average Bonchev–Trinajstić information content (AvgIpc) is 1.61. The van der Waals surface area contributed by atoms with Crippen LogP contribution in [-0.2, 0) is 102 Å². The summed E-state index contributed by atoms with van der Waals surface area (Å²) in [7, 11) is 0. The van der Waals surface area contributed by atoms with E-state index in [4.69, 9.17) is 28.0 Å². The Morgan fingerprint density at radius 2 is 1.07 bits per heavy atom. The first-order chi connectivity index (χ1) is 68.1. The molecule has 5 aliphatic rings. The Bertz CT molecular complexity index is 5220. The number of carboxylic acid groups (broad SMARTS) is 1. The number of aromatic nitrogens is 4. The maximum atomic E-state index is 15.5. The molecule has 10 rings (SSSR count). The van der Waals surface area contributed by atoms with Crippen LogP contribution in [0.4, 0.5) is 0 Å². The molecule has 6 heterocycles. The molecule has 5 aromatic rings. The number of amides is 15. The van der Waals surface area contributed by atoms with Crippen LogP contribution in [0, 0.1) is 34.0 Å².